The maximum absolute atomic E-state index is 12.3. The van der Waals surface area contributed by atoms with Gasteiger partial charge in [-0.3, -0.25) is 5.32 Å². The van der Waals surface area contributed by atoms with Crippen LogP contribution in [0.15, 0.2) is 18.2 Å². The quantitative estimate of drug-likeness (QED) is 0.916. The Balaban J connectivity index is 1.58. The van der Waals surface area contributed by atoms with Gasteiger partial charge < -0.3 is 14.5 Å². The van der Waals surface area contributed by atoms with Gasteiger partial charge >= 0.3 is 6.03 Å². The maximum Gasteiger partial charge on any atom is 0.323 e. The molecule has 2 aliphatic heterocycles. The SMILES string of the molecule is CCOc1cccc(NC(=O)N2C[C@H]3CN(C)C[C@H]3C2)n1. The molecular weight excluding hydrogens is 268 g/mol. The molecule has 0 aliphatic carbocycles. The van der Waals surface area contributed by atoms with Gasteiger partial charge in [0.05, 0.1) is 6.61 Å². The average molecular weight is 290 g/mol. The Morgan fingerprint density at radius 1 is 1.33 bits per heavy atom. The second-order valence-corrected chi connectivity index (χ2v) is 5.87. The molecule has 2 atom stereocenters. The lowest BCUT2D eigenvalue weighted by molar-refractivity contribution is 0.215. The zero-order chi connectivity index (χ0) is 14.8. The van der Waals surface area contributed by atoms with E-state index in [1.165, 1.54) is 0 Å². The molecule has 3 heterocycles. The Kier molecular flexibility index (Phi) is 3.96. The third-order valence-electron chi connectivity index (χ3n) is 4.21. The zero-order valence-electron chi connectivity index (χ0n) is 12.6. The molecule has 2 amide bonds. The minimum Gasteiger partial charge on any atom is -0.478 e. The number of urea groups is 1. The van der Waals surface area contributed by atoms with E-state index in [2.05, 4.69) is 22.2 Å². The van der Waals surface area contributed by atoms with Gasteiger partial charge in [0.1, 0.15) is 5.82 Å². The van der Waals surface area contributed by atoms with Gasteiger partial charge in [0.25, 0.3) is 0 Å². The van der Waals surface area contributed by atoms with Crippen molar-refractivity contribution in [1.82, 2.24) is 14.8 Å². The minimum absolute atomic E-state index is 0.0619. The van der Waals surface area contributed by atoms with E-state index in [-0.39, 0.29) is 6.03 Å². The van der Waals surface area contributed by atoms with Crippen molar-refractivity contribution in [2.45, 2.75) is 6.92 Å². The third-order valence-corrected chi connectivity index (χ3v) is 4.21. The number of pyridine rings is 1. The number of ether oxygens (including phenoxy) is 1. The summed E-state index contributed by atoms with van der Waals surface area (Å²) in [5.74, 6) is 2.31. The second-order valence-electron chi connectivity index (χ2n) is 5.87. The van der Waals surface area contributed by atoms with Gasteiger partial charge in [-0.15, -0.1) is 0 Å². The molecule has 0 spiro atoms. The number of likely N-dealkylation sites (tertiary alicyclic amines) is 2. The molecule has 0 saturated carbocycles. The van der Waals surface area contributed by atoms with E-state index in [0.29, 0.717) is 30.1 Å². The van der Waals surface area contributed by atoms with Crippen LogP contribution in [0.5, 0.6) is 5.88 Å². The number of amides is 2. The molecule has 2 aliphatic rings. The molecule has 6 heteroatoms. The van der Waals surface area contributed by atoms with E-state index in [9.17, 15) is 4.79 Å². The molecule has 1 N–H and O–H groups in total. The van der Waals surface area contributed by atoms with Crippen LogP contribution in [0.25, 0.3) is 0 Å². The predicted molar refractivity (Wildman–Crippen MR) is 80.5 cm³/mol. The lowest BCUT2D eigenvalue weighted by Crippen LogP contribution is -2.35. The standard InChI is InChI=1S/C15H22N4O2/c1-3-21-14-6-4-5-13(16-14)17-15(20)19-9-11-7-18(2)8-12(11)10-19/h4-6,11-12H,3,7-10H2,1-2H3,(H,16,17,20)/t11-,12+. The third kappa shape index (κ3) is 3.10. The molecule has 114 valence electrons. The maximum atomic E-state index is 12.3. The van der Waals surface area contributed by atoms with Crippen molar-refractivity contribution in [3.05, 3.63) is 18.2 Å². The Morgan fingerprint density at radius 3 is 2.71 bits per heavy atom. The Labute approximate surface area is 125 Å². The van der Waals surface area contributed by atoms with Crippen molar-refractivity contribution in [2.24, 2.45) is 11.8 Å². The largest absolute Gasteiger partial charge is 0.478 e. The summed E-state index contributed by atoms with van der Waals surface area (Å²) in [5.41, 5.74) is 0. The lowest BCUT2D eigenvalue weighted by Gasteiger charge is -2.19. The first-order chi connectivity index (χ1) is 10.2. The van der Waals surface area contributed by atoms with E-state index in [0.717, 1.165) is 26.2 Å². The first kappa shape index (κ1) is 14.1. The molecule has 2 saturated heterocycles. The highest BCUT2D eigenvalue weighted by Crippen LogP contribution is 2.30. The number of carbonyl (C=O) groups is 1. The number of hydrogen-bond donors (Lipinski definition) is 1. The monoisotopic (exact) mass is 290 g/mol. The van der Waals surface area contributed by atoms with E-state index in [4.69, 9.17) is 4.74 Å². The van der Waals surface area contributed by atoms with Crippen molar-refractivity contribution in [1.29, 1.82) is 0 Å². The Hall–Kier alpha value is -1.82. The number of nitrogens with zero attached hydrogens (tertiary/aromatic N) is 3. The second kappa shape index (κ2) is 5.89. The number of fused-ring (bicyclic) bond motifs is 1. The van der Waals surface area contributed by atoms with Crippen LogP contribution >= 0.6 is 0 Å². The normalized spacial score (nSPS) is 25.0. The summed E-state index contributed by atoms with van der Waals surface area (Å²) >= 11 is 0. The molecular formula is C15H22N4O2. The van der Waals surface area contributed by atoms with E-state index in [1.54, 1.807) is 12.1 Å². The summed E-state index contributed by atoms with van der Waals surface area (Å²) < 4.78 is 5.34. The van der Waals surface area contributed by atoms with Gasteiger partial charge in [-0.25, -0.2) is 4.79 Å². The zero-order valence-corrected chi connectivity index (χ0v) is 12.6. The van der Waals surface area contributed by atoms with Crippen molar-refractivity contribution < 1.29 is 9.53 Å². The van der Waals surface area contributed by atoms with Gasteiger partial charge in [0, 0.05) is 32.2 Å². The molecule has 6 nitrogen and oxygen atoms in total. The van der Waals surface area contributed by atoms with Gasteiger partial charge in [0.15, 0.2) is 0 Å². The van der Waals surface area contributed by atoms with Crippen LogP contribution in [-0.4, -0.2) is 60.6 Å². The van der Waals surface area contributed by atoms with Crippen LogP contribution in [0.4, 0.5) is 10.6 Å². The average Bonchev–Trinajstić information content (AvgIpc) is 2.96. The van der Waals surface area contributed by atoms with Gasteiger partial charge in [-0.05, 0) is 31.9 Å². The molecule has 0 aromatic carbocycles. The van der Waals surface area contributed by atoms with Crippen molar-refractivity contribution in [2.75, 3.05) is 45.2 Å². The molecule has 1 aromatic heterocycles. The van der Waals surface area contributed by atoms with Crippen LogP contribution in [0.3, 0.4) is 0 Å². The smallest absolute Gasteiger partial charge is 0.323 e. The Bertz CT molecular complexity index is 508. The summed E-state index contributed by atoms with van der Waals surface area (Å²) in [6.07, 6.45) is 0. The van der Waals surface area contributed by atoms with Gasteiger partial charge in [0.2, 0.25) is 5.88 Å². The number of rotatable bonds is 3. The Morgan fingerprint density at radius 2 is 2.05 bits per heavy atom. The predicted octanol–water partition coefficient (Wildman–Crippen LogP) is 1.51. The van der Waals surface area contributed by atoms with Crippen LogP contribution in [-0.2, 0) is 0 Å². The summed E-state index contributed by atoms with van der Waals surface area (Å²) in [4.78, 5) is 20.8. The van der Waals surface area contributed by atoms with E-state index < -0.39 is 0 Å². The summed E-state index contributed by atoms with van der Waals surface area (Å²) in [5, 5.41) is 2.87. The lowest BCUT2D eigenvalue weighted by atomic mass is 10.0. The highest BCUT2D eigenvalue weighted by atomic mass is 16.5. The molecule has 1 aromatic rings. The number of anilines is 1. The van der Waals surface area contributed by atoms with Gasteiger partial charge in [-0.1, -0.05) is 6.07 Å². The van der Waals surface area contributed by atoms with Crippen molar-refractivity contribution >= 4 is 11.8 Å². The molecule has 3 rings (SSSR count). The first-order valence-corrected chi connectivity index (χ1v) is 7.50. The fraction of sp³-hybridized carbons (Fsp3) is 0.600. The topological polar surface area (TPSA) is 57.7 Å². The number of aromatic nitrogens is 1. The van der Waals surface area contributed by atoms with Crippen molar-refractivity contribution in [3.63, 3.8) is 0 Å². The van der Waals surface area contributed by atoms with E-state index >= 15 is 0 Å². The fourth-order valence-electron chi connectivity index (χ4n) is 3.29. The molecule has 0 bridgehead atoms. The molecule has 0 radical (unpaired) electrons. The van der Waals surface area contributed by atoms with Crippen LogP contribution in [0.1, 0.15) is 6.92 Å². The van der Waals surface area contributed by atoms with Crippen LogP contribution in [0, 0.1) is 11.8 Å². The number of nitrogens with one attached hydrogen (secondary N) is 1. The fourth-order valence-corrected chi connectivity index (χ4v) is 3.29. The first-order valence-electron chi connectivity index (χ1n) is 7.50. The molecule has 2 fully saturated rings. The minimum atomic E-state index is -0.0619. The molecule has 21 heavy (non-hydrogen) atoms. The van der Waals surface area contributed by atoms with Crippen LogP contribution < -0.4 is 10.1 Å². The number of carbonyl (C=O) groups excluding carboxylic acids is 1. The summed E-state index contributed by atoms with van der Waals surface area (Å²) in [7, 11) is 2.14. The molecule has 0 unspecified atom stereocenters. The van der Waals surface area contributed by atoms with E-state index in [1.807, 2.05) is 17.9 Å². The van der Waals surface area contributed by atoms with Crippen molar-refractivity contribution in [3.8, 4) is 5.88 Å². The number of hydrogen-bond acceptors (Lipinski definition) is 4. The summed E-state index contributed by atoms with van der Waals surface area (Å²) in [6, 6.07) is 5.34. The summed E-state index contributed by atoms with van der Waals surface area (Å²) in [6.45, 7) is 6.33. The highest BCUT2D eigenvalue weighted by Gasteiger charge is 2.40. The van der Waals surface area contributed by atoms with Crippen LogP contribution in [0.2, 0.25) is 0 Å². The highest BCUT2D eigenvalue weighted by molar-refractivity contribution is 5.88. The van der Waals surface area contributed by atoms with Gasteiger partial charge in [-0.2, -0.15) is 4.98 Å².